The van der Waals surface area contributed by atoms with E-state index in [1.807, 2.05) is 0 Å². The molecule has 0 N–H and O–H groups in total. The number of nitro benzene ring substituents is 1. The molecule has 0 unspecified atom stereocenters. The standard InChI is InChI=1S/C7H4BrF2NO3/c8-5-1-4(14-3-9)2-6(10)7(5)11(12)13/h1-2H,3H2. The zero-order valence-corrected chi connectivity index (χ0v) is 8.25. The third-order valence-electron chi connectivity index (χ3n) is 1.39. The van der Waals surface area contributed by atoms with E-state index in [0.717, 1.165) is 12.1 Å². The van der Waals surface area contributed by atoms with E-state index in [2.05, 4.69) is 20.7 Å². The van der Waals surface area contributed by atoms with E-state index in [1.54, 1.807) is 0 Å². The maximum absolute atomic E-state index is 13.0. The Labute approximate surface area is 85.8 Å². The average molecular weight is 268 g/mol. The van der Waals surface area contributed by atoms with Crippen LogP contribution in [0.3, 0.4) is 0 Å². The molecule has 0 atom stereocenters. The summed E-state index contributed by atoms with van der Waals surface area (Å²) < 4.78 is 29.0. The van der Waals surface area contributed by atoms with Gasteiger partial charge < -0.3 is 4.74 Å². The summed E-state index contributed by atoms with van der Waals surface area (Å²) in [4.78, 5) is 9.46. The first kappa shape index (κ1) is 10.8. The summed E-state index contributed by atoms with van der Waals surface area (Å²) in [6.07, 6.45) is 0. The molecular formula is C7H4BrF2NO3. The van der Waals surface area contributed by atoms with Crippen molar-refractivity contribution in [1.29, 1.82) is 0 Å². The van der Waals surface area contributed by atoms with E-state index < -0.39 is 23.3 Å². The number of hydrogen-bond acceptors (Lipinski definition) is 3. The number of alkyl halides is 1. The summed E-state index contributed by atoms with van der Waals surface area (Å²) in [7, 11) is 0. The monoisotopic (exact) mass is 267 g/mol. The first-order valence-electron chi connectivity index (χ1n) is 3.38. The number of ether oxygens (including phenoxy) is 1. The fourth-order valence-electron chi connectivity index (χ4n) is 0.863. The zero-order chi connectivity index (χ0) is 10.7. The molecule has 0 aromatic heterocycles. The van der Waals surface area contributed by atoms with Crippen LogP contribution < -0.4 is 4.74 Å². The van der Waals surface area contributed by atoms with Gasteiger partial charge in [-0.25, -0.2) is 4.39 Å². The van der Waals surface area contributed by atoms with Crippen molar-refractivity contribution < 1.29 is 18.4 Å². The lowest BCUT2D eigenvalue weighted by atomic mass is 10.3. The van der Waals surface area contributed by atoms with Crippen LogP contribution in [-0.4, -0.2) is 11.8 Å². The molecule has 0 heterocycles. The summed E-state index contributed by atoms with van der Waals surface area (Å²) in [5.74, 6) is -1.18. The van der Waals surface area contributed by atoms with Gasteiger partial charge in [-0.3, -0.25) is 10.1 Å². The maximum atomic E-state index is 13.0. The van der Waals surface area contributed by atoms with E-state index in [4.69, 9.17) is 0 Å². The second kappa shape index (κ2) is 4.32. The summed E-state index contributed by atoms with van der Waals surface area (Å²) in [5, 5.41) is 10.3. The number of rotatable bonds is 3. The summed E-state index contributed by atoms with van der Waals surface area (Å²) in [6.45, 7) is -1.12. The van der Waals surface area contributed by atoms with Gasteiger partial charge in [0.2, 0.25) is 12.7 Å². The Balaban J connectivity index is 3.18. The maximum Gasteiger partial charge on any atom is 0.319 e. The van der Waals surface area contributed by atoms with Gasteiger partial charge in [0.1, 0.15) is 10.2 Å². The Hall–Kier alpha value is -1.24. The lowest BCUT2D eigenvalue weighted by molar-refractivity contribution is -0.388. The van der Waals surface area contributed by atoms with Crippen molar-refractivity contribution in [2.45, 2.75) is 0 Å². The molecule has 0 radical (unpaired) electrons. The Morgan fingerprint density at radius 1 is 1.57 bits per heavy atom. The molecule has 4 nitrogen and oxygen atoms in total. The van der Waals surface area contributed by atoms with Crippen LogP contribution in [0.4, 0.5) is 14.5 Å². The number of nitrogens with zero attached hydrogens (tertiary/aromatic N) is 1. The number of halogens is 3. The molecule has 0 aliphatic rings. The van der Waals surface area contributed by atoms with Crippen molar-refractivity contribution in [2.24, 2.45) is 0 Å². The first-order valence-corrected chi connectivity index (χ1v) is 4.17. The van der Waals surface area contributed by atoms with Crippen LogP contribution in [0.2, 0.25) is 0 Å². The largest absolute Gasteiger partial charge is 0.463 e. The average Bonchev–Trinajstić information content (AvgIpc) is 2.01. The van der Waals surface area contributed by atoms with Crippen molar-refractivity contribution in [2.75, 3.05) is 6.86 Å². The van der Waals surface area contributed by atoms with Gasteiger partial charge in [0.25, 0.3) is 0 Å². The molecule has 1 rings (SSSR count). The summed E-state index contributed by atoms with van der Waals surface area (Å²) in [6, 6.07) is 1.88. The van der Waals surface area contributed by atoms with E-state index in [-0.39, 0.29) is 10.2 Å². The molecule has 0 aliphatic heterocycles. The molecule has 0 fully saturated rings. The predicted molar refractivity (Wildman–Crippen MR) is 47.4 cm³/mol. The van der Waals surface area contributed by atoms with Crippen LogP contribution in [0.5, 0.6) is 5.75 Å². The Bertz CT molecular complexity index is 349. The Morgan fingerprint density at radius 3 is 2.64 bits per heavy atom. The molecule has 1 aromatic carbocycles. The van der Waals surface area contributed by atoms with Gasteiger partial charge in [0, 0.05) is 12.1 Å². The highest BCUT2D eigenvalue weighted by Gasteiger charge is 2.20. The molecular weight excluding hydrogens is 264 g/mol. The normalized spacial score (nSPS) is 9.93. The van der Waals surface area contributed by atoms with Gasteiger partial charge in [-0.05, 0) is 15.9 Å². The molecule has 0 saturated carbocycles. The third-order valence-corrected chi connectivity index (χ3v) is 2.00. The summed E-state index contributed by atoms with van der Waals surface area (Å²) in [5.41, 5.74) is -0.698. The second-order valence-electron chi connectivity index (χ2n) is 2.25. The SMILES string of the molecule is O=[N+]([O-])c1c(F)cc(OCF)cc1Br. The van der Waals surface area contributed by atoms with Crippen LogP contribution >= 0.6 is 15.9 Å². The van der Waals surface area contributed by atoms with Crippen LogP contribution in [-0.2, 0) is 0 Å². The van der Waals surface area contributed by atoms with Crippen molar-refractivity contribution in [3.05, 3.63) is 32.5 Å². The van der Waals surface area contributed by atoms with Gasteiger partial charge in [-0.1, -0.05) is 0 Å². The number of nitro groups is 1. The quantitative estimate of drug-likeness (QED) is 0.625. The number of benzene rings is 1. The fraction of sp³-hybridized carbons (Fsp3) is 0.143. The van der Waals surface area contributed by atoms with Gasteiger partial charge >= 0.3 is 5.69 Å². The Morgan fingerprint density at radius 2 is 2.21 bits per heavy atom. The minimum Gasteiger partial charge on any atom is -0.463 e. The third kappa shape index (κ3) is 2.16. The molecule has 76 valence electrons. The van der Waals surface area contributed by atoms with Crippen molar-refractivity contribution in [3.8, 4) is 5.75 Å². The van der Waals surface area contributed by atoms with Crippen LogP contribution in [0.1, 0.15) is 0 Å². The minimum absolute atomic E-state index is 0.0917. The van der Waals surface area contributed by atoms with Crippen LogP contribution in [0.25, 0.3) is 0 Å². The molecule has 7 heteroatoms. The Kier molecular flexibility index (Phi) is 3.34. The van der Waals surface area contributed by atoms with E-state index in [9.17, 15) is 18.9 Å². The van der Waals surface area contributed by atoms with Crippen molar-refractivity contribution in [1.82, 2.24) is 0 Å². The summed E-state index contributed by atoms with van der Waals surface area (Å²) >= 11 is 2.78. The molecule has 0 amide bonds. The predicted octanol–water partition coefficient (Wildman–Crippen LogP) is 2.80. The van der Waals surface area contributed by atoms with Gasteiger partial charge in [0.15, 0.2) is 0 Å². The molecule has 0 saturated heterocycles. The highest BCUT2D eigenvalue weighted by Crippen LogP contribution is 2.32. The molecule has 1 aromatic rings. The van der Waals surface area contributed by atoms with Crippen LogP contribution in [0, 0.1) is 15.9 Å². The van der Waals surface area contributed by atoms with Crippen molar-refractivity contribution in [3.63, 3.8) is 0 Å². The van der Waals surface area contributed by atoms with E-state index >= 15 is 0 Å². The molecule has 14 heavy (non-hydrogen) atoms. The lowest BCUT2D eigenvalue weighted by Crippen LogP contribution is -1.96. The highest BCUT2D eigenvalue weighted by atomic mass is 79.9. The van der Waals surface area contributed by atoms with Gasteiger partial charge in [-0.15, -0.1) is 0 Å². The second-order valence-corrected chi connectivity index (χ2v) is 3.10. The van der Waals surface area contributed by atoms with Crippen molar-refractivity contribution >= 4 is 21.6 Å². The first-order chi connectivity index (χ1) is 6.56. The van der Waals surface area contributed by atoms with Gasteiger partial charge in [-0.2, -0.15) is 4.39 Å². The van der Waals surface area contributed by atoms with E-state index in [0.29, 0.717) is 0 Å². The topological polar surface area (TPSA) is 52.4 Å². The zero-order valence-electron chi connectivity index (χ0n) is 6.67. The van der Waals surface area contributed by atoms with Crippen LogP contribution in [0.15, 0.2) is 16.6 Å². The highest BCUT2D eigenvalue weighted by molar-refractivity contribution is 9.10. The fourth-order valence-corrected chi connectivity index (χ4v) is 1.42. The molecule has 0 spiro atoms. The minimum atomic E-state index is -1.12. The molecule has 0 aliphatic carbocycles. The van der Waals surface area contributed by atoms with Gasteiger partial charge in [0.05, 0.1) is 4.92 Å². The smallest absolute Gasteiger partial charge is 0.319 e. The number of hydrogen-bond donors (Lipinski definition) is 0. The van der Waals surface area contributed by atoms with E-state index in [1.165, 1.54) is 0 Å². The molecule has 0 bridgehead atoms. The lowest BCUT2D eigenvalue weighted by Gasteiger charge is -2.02.